The normalized spacial score (nSPS) is 19.2. The average molecular weight is 515 g/mol. The van der Waals surface area contributed by atoms with E-state index < -0.39 is 17.0 Å². The maximum absolute atomic E-state index is 13.8. The maximum Gasteiger partial charge on any atom is 0.269 e. The summed E-state index contributed by atoms with van der Waals surface area (Å²) < 4.78 is 0. The largest absolute Gasteiger partial charge is 0.356 e. The van der Waals surface area contributed by atoms with Gasteiger partial charge in [-0.15, -0.1) is 0 Å². The lowest BCUT2D eigenvalue weighted by atomic mass is 9.86. The molecule has 3 heterocycles. The highest BCUT2D eigenvalue weighted by molar-refractivity contribution is 6.30. The number of benzene rings is 3. The van der Waals surface area contributed by atoms with Crippen molar-refractivity contribution in [3.8, 4) is 0 Å². The first kappa shape index (κ1) is 23.2. The van der Waals surface area contributed by atoms with Crippen LogP contribution in [0.3, 0.4) is 0 Å². The highest BCUT2D eigenvalue weighted by atomic mass is 35.5. The SMILES string of the molecule is O=C1[C@H]2Cc3c([nH]c4ccccc34)[C@H](c3ccc([N+](=O)[O-])cc3)N2C(=O)CN1CCc1ccc(Cl)cc1. The zero-order valence-corrected chi connectivity index (χ0v) is 20.5. The molecular weight excluding hydrogens is 492 g/mol. The Morgan fingerprint density at radius 1 is 1.00 bits per heavy atom. The third-order valence-electron chi connectivity index (χ3n) is 7.35. The Kier molecular flexibility index (Phi) is 5.68. The van der Waals surface area contributed by atoms with Gasteiger partial charge in [-0.1, -0.05) is 41.9 Å². The molecule has 1 fully saturated rings. The summed E-state index contributed by atoms with van der Waals surface area (Å²) in [6.07, 6.45) is 1.03. The highest BCUT2D eigenvalue weighted by Crippen LogP contribution is 2.42. The van der Waals surface area contributed by atoms with Crippen molar-refractivity contribution < 1.29 is 14.5 Å². The number of nitrogens with zero attached hydrogens (tertiary/aromatic N) is 3. The zero-order valence-electron chi connectivity index (χ0n) is 19.8. The molecule has 4 aromatic rings. The Bertz CT molecular complexity index is 1530. The predicted octanol–water partition coefficient (Wildman–Crippen LogP) is 4.66. The number of hydrogen-bond donors (Lipinski definition) is 1. The van der Waals surface area contributed by atoms with Crippen molar-refractivity contribution in [3.63, 3.8) is 0 Å². The fraction of sp³-hybridized carbons (Fsp3) is 0.214. The molecule has 9 heteroatoms. The topological polar surface area (TPSA) is 99.5 Å². The predicted molar refractivity (Wildman–Crippen MR) is 139 cm³/mol. The van der Waals surface area contributed by atoms with Crippen molar-refractivity contribution in [2.75, 3.05) is 13.1 Å². The number of aromatic amines is 1. The minimum absolute atomic E-state index is 0.0119. The number of rotatable bonds is 5. The minimum atomic E-state index is -0.654. The van der Waals surface area contributed by atoms with Crippen LogP contribution in [0.2, 0.25) is 5.02 Å². The molecular formula is C28H23ClN4O4. The van der Waals surface area contributed by atoms with Gasteiger partial charge < -0.3 is 14.8 Å². The lowest BCUT2D eigenvalue weighted by Crippen LogP contribution is -2.63. The molecule has 186 valence electrons. The summed E-state index contributed by atoms with van der Waals surface area (Å²) in [5.41, 5.74) is 4.52. The Morgan fingerprint density at radius 3 is 2.46 bits per heavy atom. The van der Waals surface area contributed by atoms with Crippen LogP contribution in [-0.2, 0) is 22.4 Å². The summed E-state index contributed by atoms with van der Waals surface area (Å²) in [4.78, 5) is 45.0. The molecule has 2 aliphatic heterocycles. The van der Waals surface area contributed by atoms with Crippen molar-refractivity contribution in [2.45, 2.75) is 24.9 Å². The molecule has 3 aromatic carbocycles. The van der Waals surface area contributed by atoms with Crippen LogP contribution in [0.15, 0.2) is 72.8 Å². The van der Waals surface area contributed by atoms with Crippen molar-refractivity contribution >= 4 is 40.0 Å². The Labute approximate surface area is 217 Å². The molecule has 0 unspecified atom stereocenters. The Morgan fingerprint density at radius 2 is 1.73 bits per heavy atom. The molecule has 0 bridgehead atoms. The van der Waals surface area contributed by atoms with Crippen LogP contribution in [0.25, 0.3) is 10.9 Å². The van der Waals surface area contributed by atoms with Gasteiger partial charge in [0.2, 0.25) is 11.8 Å². The highest BCUT2D eigenvalue weighted by Gasteiger charge is 2.48. The van der Waals surface area contributed by atoms with Gasteiger partial charge in [-0.05, 0) is 53.4 Å². The van der Waals surface area contributed by atoms with Gasteiger partial charge in [0.25, 0.3) is 5.69 Å². The smallest absolute Gasteiger partial charge is 0.269 e. The van der Waals surface area contributed by atoms with E-state index in [4.69, 9.17) is 11.6 Å². The van der Waals surface area contributed by atoms with Crippen LogP contribution in [-0.4, -0.2) is 50.7 Å². The summed E-state index contributed by atoms with van der Waals surface area (Å²) in [5, 5.41) is 12.9. The second-order valence-electron chi connectivity index (χ2n) is 9.47. The molecule has 0 spiro atoms. The quantitative estimate of drug-likeness (QED) is 0.309. The van der Waals surface area contributed by atoms with Crippen LogP contribution >= 0.6 is 11.6 Å². The van der Waals surface area contributed by atoms with Crippen LogP contribution in [0.1, 0.15) is 28.4 Å². The lowest BCUT2D eigenvalue weighted by molar-refractivity contribution is -0.384. The van der Waals surface area contributed by atoms with E-state index in [1.54, 1.807) is 21.9 Å². The van der Waals surface area contributed by atoms with E-state index in [1.807, 2.05) is 48.5 Å². The monoisotopic (exact) mass is 514 g/mol. The number of halogens is 1. The van der Waals surface area contributed by atoms with E-state index in [0.717, 1.165) is 33.3 Å². The molecule has 37 heavy (non-hydrogen) atoms. The summed E-state index contributed by atoms with van der Waals surface area (Å²) in [6.45, 7) is 0.418. The Balaban J connectivity index is 1.38. The number of hydrogen-bond acceptors (Lipinski definition) is 4. The minimum Gasteiger partial charge on any atom is -0.356 e. The number of amides is 2. The second kappa shape index (κ2) is 9.05. The third-order valence-corrected chi connectivity index (χ3v) is 7.60. The molecule has 2 amide bonds. The van der Waals surface area contributed by atoms with E-state index in [-0.39, 0.29) is 24.0 Å². The number of nitrogens with one attached hydrogen (secondary N) is 1. The van der Waals surface area contributed by atoms with Crippen LogP contribution < -0.4 is 0 Å². The number of carbonyl (C=O) groups excluding carboxylic acids is 2. The van der Waals surface area contributed by atoms with Crippen LogP contribution in [0, 0.1) is 10.1 Å². The average Bonchev–Trinajstić information content (AvgIpc) is 3.28. The van der Waals surface area contributed by atoms with Gasteiger partial charge in [-0.3, -0.25) is 19.7 Å². The van der Waals surface area contributed by atoms with Gasteiger partial charge in [0.1, 0.15) is 6.04 Å². The van der Waals surface area contributed by atoms with Crippen LogP contribution in [0.4, 0.5) is 5.69 Å². The molecule has 0 saturated carbocycles. The molecule has 8 nitrogen and oxygen atoms in total. The number of fused-ring (bicyclic) bond motifs is 4. The summed E-state index contributed by atoms with van der Waals surface area (Å²) in [7, 11) is 0. The van der Waals surface area contributed by atoms with Gasteiger partial charge in [-0.2, -0.15) is 0 Å². The first-order chi connectivity index (χ1) is 17.9. The summed E-state index contributed by atoms with van der Waals surface area (Å²) in [5.74, 6) is -0.232. The second-order valence-corrected chi connectivity index (χ2v) is 9.91. The zero-order chi connectivity index (χ0) is 25.7. The van der Waals surface area contributed by atoms with Gasteiger partial charge in [0, 0.05) is 46.7 Å². The number of aromatic nitrogens is 1. The van der Waals surface area contributed by atoms with Gasteiger partial charge in [0.15, 0.2) is 0 Å². The summed E-state index contributed by atoms with van der Waals surface area (Å²) >= 11 is 5.99. The van der Waals surface area contributed by atoms with Crippen molar-refractivity contribution in [1.29, 1.82) is 0 Å². The molecule has 2 aliphatic rings. The maximum atomic E-state index is 13.8. The van der Waals surface area contributed by atoms with Crippen molar-refractivity contribution in [3.05, 3.63) is 110 Å². The lowest BCUT2D eigenvalue weighted by Gasteiger charge is -2.47. The third kappa shape index (κ3) is 4.03. The van der Waals surface area contributed by atoms with E-state index in [2.05, 4.69) is 4.98 Å². The van der Waals surface area contributed by atoms with Gasteiger partial charge in [0.05, 0.1) is 17.5 Å². The number of nitro groups is 1. The number of non-ortho nitro benzene ring substituents is 1. The number of piperazine rings is 1. The van der Waals surface area contributed by atoms with Gasteiger partial charge >= 0.3 is 0 Å². The number of H-pyrrole nitrogens is 1. The van der Waals surface area contributed by atoms with E-state index in [1.165, 1.54) is 12.1 Å². The molecule has 6 rings (SSSR count). The van der Waals surface area contributed by atoms with E-state index in [0.29, 0.717) is 24.4 Å². The van der Waals surface area contributed by atoms with Crippen molar-refractivity contribution in [2.24, 2.45) is 0 Å². The first-order valence-corrected chi connectivity index (χ1v) is 12.5. The first-order valence-electron chi connectivity index (χ1n) is 12.1. The number of nitro benzene ring substituents is 1. The molecule has 1 saturated heterocycles. The standard InChI is InChI=1S/C28H23ClN4O4/c29-19-9-5-17(6-10-19)13-14-31-16-25(34)32-24(28(31)35)15-22-21-3-1-2-4-23(21)30-26(22)27(32)18-7-11-20(12-8-18)33(36)37/h1-12,24,27,30H,13-16H2/t24-,27+/m1/s1. The van der Waals surface area contributed by atoms with Crippen molar-refractivity contribution in [1.82, 2.24) is 14.8 Å². The summed E-state index contributed by atoms with van der Waals surface area (Å²) in [6, 6.07) is 20.4. The van der Waals surface area contributed by atoms with E-state index >= 15 is 0 Å². The molecule has 1 aromatic heterocycles. The van der Waals surface area contributed by atoms with Crippen LogP contribution in [0.5, 0.6) is 0 Å². The number of para-hydroxylation sites is 1. The fourth-order valence-electron chi connectivity index (χ4n) is 5.55. The Hall–Kier alpha value is -4.17. The molecule has 1 N–H and O–H groups in total. The molecule has 0 aliphatic carbocycles. The fourth-order valence-corrected chi connectivity index (χ4v) is 5.68. The molecule has 0 radical (unpaired) electrons. The molecule has 2 atom stereocenters. The van der Waals surface area contributed by atoms with E-state index in [9.17, 15) is 19.7 Å². The number of carbonyl (C=O) groups is 2. The van der Waals surface area contributed by atoms with Gasteiger partial charge in [-0.25, -0.2) is 0 Å².